The molecule has 2 rings (SSSR count). The minimum absolute atomic E-state index is 0.0402. The number of hydrogen-bond acceptors (Lipinski definition) is 4. The molecule has 5 heteroatoms. The fraction of sp³-hybridized carbons (Fsp3) is 0.455. The van der Waals surface area contributed by atoms with Gasteiger partial charge in [-0.1, -0.05) is 0 Å². The van der Waals surface area contributed by atoms with Crippen molar-refractivity contribution in [3.05, 3.63) is 21.9 Å². The maximum Gasteiger partial charge on any atom is 0.396 e. The highest BCUT2D eigenvalue weighted by molar-refractivity contribution is 7.10. The summed E-state index contributed by atoms with van der Waals surface area (Å²) in [5, 5.41) is 2.02. The third-order valence-electron chi connectivity index (χ3n) is 2.90. The van der Waals surface area contributed by atoms with E-state index < -0.39 is 11.9 Å². The van der Waals surface area contributed by atoms with Gasteiger partial charge in [0.25, 0.3) is 0 Å². The summed E-state index contributed by atoms with van der Waals surface area (Å²) >= 11 is 1.70. The van der Waals surface area contributed by atoms with Gasteiger partial charge in [-0.05, 0) is 30.4 Å². The summed E-state index contributed by atoms with van der Waals surface area (Å²) in [7, 11) is 1.23. The Labute approximate surface area is 97.8 Å². The van der Waals surface area contributed by atoms with Gasteiger partial charge in [0.15, 0.2) is 0 Å². The van der Waals surface area contributed by atoms with Gasteiger partial charge in [0.1, 0.15) is 0 Å². The molecule has 4 nitrogen and oxygen atoms in total. The second-order valence-corrected chi connectivity index (χ2v) is 4.72. The van der Waals surface area contributed by atoms with E-state index in [1.165, 1.54) is 12.0 Å². The monoisotopic (exact) mass is 239 g/mol. The van der Waals surface area contributed by atoms with Crippen molar-refractivity contribution in [3.8, 4) is 0 Å². The van der Waals surface area contributed by atoms with E-state index in [4.69, 9.17) is 0 Å². The Morgan fingerprint density at radius 3 is 3.00 bits per heavy atom. The van der Waals surface area contributed by atoms with Gasteiger partial charge in [0, 0.05) is 11.4 Å². The lowest BCUT2D eigenvalue weighted by Gasteiger charge is -2.32. The van der Waals surface area contributed by atoms with Crippen LogP contribution >= 0.6 is 11.3 Å². The molecule has 2 heterocycles. The van der Waals surface area contributed by atoms with Gasteiger partial charge in [0.2, 0.25) is 0 Å². The van der Waals surface area contributed by atoms with Crippen molar-refractivity contribution in [1.29, 1.82) is 0 Å². The summed E-state index contributed by atoms with van der Waals surface area (Å²) in [4.78, 5) is 25.8. The first-order valence-corrected chi connectivity index (χ1v) is 5.98. The zero-order chi connectivity index (χ0) is 11.7. The Morgan fingerprint density at radius 1 is 1.56 bits per heavy atom. The lowest BCUT2D eigenvalue weighted by atomic mass is 10.0. The number of esters is 1. The lowest BCUT2D eigenvalue weighted by molar-refractivity contribution is -0.159. The first-order chi connectivity index (χ1) is 7.65. The van der Waals surface area contributed by atoms with E-state index in [0.717, 1.165) is 12.0 Å². The van der Waals surface area contributed by atoms with Crippen molar-refractivity contribution >= 4 is 23.2 Å². The zero-order valence-electron chi connectivity index (χ0n) is 9.23. The highest BCUT2D eigenvalue weighted by Crippen LogP contribution is 2.32. The zero-order valence-corrected chi connectivity index (χ0v) is 10.0. The number of ether oxygens (including phenoxy) is 1. The van der Waals surface area contributed by atoms with Crippen LogP contribution in [0.1, 0.15) is 23.4 Å². The van der Waals surface area contributed by atoms with Gasteiger partial charge >= 0.3 is 11.9 Å². The predicted octanol–water partition coefficient (Wildman–Crippen LogP) is 1.37. The van der Waals surface area contributed by atoms with Crippen molar-refractivity contribution in [2.45, 2.75) is 19.4 Å². The highest BCUT2D eigenvalue weighted by Gasteiger charge is 2.32. The smallest absolute Gasteiger partial charge is 0.396 e. The molecule has 0 saturated carbocycles. The average molecular weight is 239 g/mol. The fourth-order valence-corrected chi connectivity index (χ4v) is 2.95. The van der Waals surface area contributed by atoms with E-state index in [-0.39, 0.29) is 6.04 Å². The molecule has 0 spiro atoms. The van der Waals surface area contributed by atoms with Crippen molar-refractivity contribution in [2.75, 3.05) is 13.7 Å². The molecule has 1 aromatic heterocycles. The Kier molecular flexibility index (Phi) is 2.96. The number of methoxy groups -OCH3 is 1. The van der Waals surface area contributed by atoms with Crippen LogP contribution in [0.3, 0.4) is 0 Å². The molecule has 1 unspecified atom stereocenters. The quantitative estimate of drug-likeness (QED) is 0.507. The Balaban J connectivity index is 2.22. The van der Waals surface area contributed by atoms with Gasteiger partial charge in [0.05, 0.1) is 13.2 Å². The van der Waals surface area contributed by atoms with Crippen molar-refractivity contribution in [2.24, 2.45) is 0 Å². The van der Waals surface area contributed by atoms with E-state index in [0.29, 0.717) is 6.54 Å². The number of rotatable bonds is 0. The van der Waals surface area contributed by atoms with Gasteiger partial charge in [-0.15, -0.1) is 11.3 Å². The standard InChI is InChI=1S/C11H13NO3S/c1-7-8-4-6-16-9(8)3-5-12(7)10(13)11(14)15-2/h4,6-7H,3,5H2,1-2H3. The number of hydrogen-bond donors (Lipinski definition) is 0. The number of nitrogens with zero attached hydrogens (tertiary/aromatic N) is 1. The van der Waals surface area contributed by atoms with Crippen LogP contribution in [0.25, 0.3) is 0 Å². The van der Waals surface area contributed by atoms with E-state index >= 15 is 0 Å². The van der Waals surface area contributed by atoms with E-state index in [1.807, 2.05) is 18.4 Å². The second-order valence-electron chi connectivity index (χ2n) is 3.72. The third-order valence-corrected chi connectivity index (χ3v) is 3.89. The Bertz CT molecular complexity index is 427. The molecule has 0 saturated heterocycles. The minimum atomic E-state index is -0.787. The lowest BCUT2D eigenvalue weighted by Crippen LogP contribution is -2.42. The molecule has 0 radical (unpaired) electrons. The van der Waals surface area contributed by atoms with Crippen LogP contribution < -0.4 is 0 Å². The summed E-state index contributed by atoms with van der Waals surface area (Å²) in [5.74, 6) is -1.34. The van der Waals surface area contributed by atoms with E-state index in [9.17, 15) is 9.59 Å². The molecule has 1 aliphatic rings. The summed E-state index contributed by atoms with van der Waals surface area (Å²) in [5.41, 5.74) is 1.15. The number of carbonyl (C=O) groups excluding carboxylic acids is 2. The van der Waals surface area contributed by atoms with Gasteiger partial charge in [-0.25, -0.2) is 4.79 Å². The van der Waals surface area contributed by atoms with Crippen molar-refractivity contribution < 1.29 is 14.3 Å². The van der Waals surface area contributed by atoms with Crippen molar-refractivity contribution in [3.63, 3.8) is 0 Å². The maximum absolute atomic E-state index is 11.7. The summed E-state index contributed by atoms with van der Waals surface area (Å²) < 4.78 is 4.46. The van der Waals surface area contributed by atoms with Crippen LogP contribution in [0.2, 0.25) is 0 Å². The maximum atomic E-state index is 11.7. The van der Waals surface area contributed by atoms with E-state index in [1.54, 1.807) is 16.2 Å². The number of carbonyl (C=O) groups is 2. The van der Waals surface area contributed by atoms with Crippen LogP contribution in [-0.4, -0.2) is 30.4 Å². The Hall–Kier alpha value is -1.36. The van der Waals surface area contributed by atoms with Crippen LogP contribution in [-0.2, 0) is 20.7 Å². The van der Waals surface area contributed by atoms with Gasteiger partial charge in [-0.3, -0.25) is 4.79 Å². The normalized spacial score (nSPS) is 19.1. The molecule has 86 valence electrons. The first-order valence-electron chi connectivity index (χ1n) is 5.10. The number of fused-ring (bicyclic) bond motifs is 1. The molecule has 1 aromatic rings. The average Bonchev–Trinajstić information content (AvgIpc) is 2.76. The summed E-state index contributed by atoms with van der Waals surface area (Å²) in [6.07, 6.45) is 0.820. The SMILES string of the molecule is COC(=O)C(=O)N1CCc2sccc2C1C. The van der Waals surface area contributed by atoms with E-state index in [2.05, 4.69) is 4.74 Å². The number of amides is 1. The molecular weight excluding hydrogens is 226 g/mol. The topological polar surface area (TPSA) is 46.6 Å². The Morgan fingerprint density at radius 2 is 2.31 bits per heavy atom. The predicted molar refractivity (Wildman–Crippen MR) is 60.2 cm³/mol. The van der Waals surface area contributed by atoms with Crippen LogP contribution in [0.5, 0.6) is 0 Å². The minimum Gasteiger partial charge on any atom is -0.462 e. The van der Waals surface area contributed by atoms with Crippen LogP contribution in [0.15, 0.2) is 11.4 Å². The highest BCUT2D eigenvalue weighted by atomic mass is 32.1. The fourth-order valence-electron chi connectivity index (χ4n) is 1.99. The first kappa shape index (κ1) is 11.1. The largest absolute Gasteiger partial charge is 0.462 e. The van der Waals surface area contributed by atoms with Crippen LogP contribution in [0.4, 0.5) is 0 Å². The second kappa shape index (κ2) is 4.25. The summed E-state index contributed by atoms with van der Waals surface area (Å²) in [6.45, 7) is 2.52. The van der Waals surface area contributed by atoms with Crippen LogP contribution in [0, 0.1) is 0 Å². The molecule has 0 fully saturated rings. The molecule has 1 amide bonds. The third kappa shape index (κ3) is 1.71. The number of thiophene rings is 1. The van der Waals surface area contributed by atoms with Crippen molar-refractivity contribution in [1.82, 2.24) is 4.90 Å². The molecule has 16 heavy (non-hydrogen) atoms. The molecule has 0 N–H and O–H groups in total. The molecular formula is C11H13NO3S. The summed E-state index contributed by atoms with van der Waals surface area (Å²) in [6, 6.07) is 1.98. The molecule has 0 aromatic carbocycles. The molecule has 1 atom stereocenters. The van der Waals surface area contributed by atoms with Gasteiger partial charge in [-0.2, -0.15) is 0 Å². The molecule has 0 aliphatic carbocycles. The molecule has 1 aliphatic heterocycles. The van der Waals surface area contributed by atoms with Gasteiger partial charge < -0.3 is 9.64 Å². The molecule has 0 bridgehead atoms.